The summed E-state index contributed by atoms with van der Waals surface area (Å²) in [6.07, 6.45) is 0.604. The SMILES string of the molecule is O=Cc1ccc(NC(=O)c2ccccc2Cl)c(OC(=O)c2ccccc2Cl)c1. The molecule has 0 aliphatic rings. The highest BCUT2D eigenvalue weighted by Crippen LogP contribution is 2.29. The zero-order chi connectivity index (χ0) is 20.1. The Morgan fingerprint density at radius 1 is 0.857 bits per heavy atom. The van der Waals surface area contributed by atoms with E-state index < -0.39 is 11.9 Å². The summed E-state index contributed by atoms with van der Waals surface area (Å²) in [7, 11) is 0. The van der Waals surface area contributed by atoms with Crippen molar-refractivity contribution in [3.05, 3.63) is 93.5 Å². The average molecular weight is 414 g/mol. The van der Waals surface area contributed by atoms with Gasteiger partial charge in [0, 0.05) is 5.56 Å². The summed E-state index contributed by atoms with van der Waals surface area (Å²) in [5.74, 6) is -1.20. The van der Waals surface area contributed by atoms with E-state index in [4.69, 9.17) is 27.9 Å². The van der Waals surface area contributed by atoms with E-state index in [1.165, 1.54) is 24.3 Å². The number of esters is 1. The van der Waals surface area contributed by atoms with Crippen molar-refractivity contribution in [2.75, 3.05) is 5.32 Å². The number of benzene rings is 3. The first-order valence-electron chi connectivity index (χ1n) is 8.11. The third-order valence-corrected chi connectivity index (χ3v) is 4.46. The van der Waals surface area contributed by atoms with Crippen molar-refractivity contribution in [3.63, 3.8) is 0 Å². The summed E-state index contributed by atoms with van der Waals surface area (Å²) in [5.41, 5.74) is 0.893. The van der Waals surface area contributed by atoms with E-state index in [2.05, 4.69) is 5.32 Å². The molecule has 3 aromatic carbocycles. The van der Waals surface area contributed by atoms with Crippen LogP contribution in [0.15, 0.2) is 66.7 Å². The zero-order valence-electron chi connectivity index (χ0n) is 14.3. The van der Waals surface area contributed by atoms with Crippen molar-refractivity contribution in [1.29, 1.82) is 0 Å². The molecule has 7 heteroatoms. The highest BCUT2D eigenvalue weighted by Gasteiger charge is 2.17. The number of rotatable bonds is 5. The van der Waals surface area contributed by atoms with E-state index in [-0.39, 0.29) is 38.2 Å². The van der Waals surface area contributed by atoms with Gasteiger partial charge in [0.2, 0.25) is 0 Å². The molecule has 0 aliphatic heterocycles. The fourth-order valence-electron chi connectivity index (χ4n) is 2.42. The minimum absolute atomic E-state index is 0.00919. The Hall–Kier alpha value is -3.15. The van der Waals surface area contributed by atoms with Crippen LogP contribution in [-0.2, 0) is 0 Å². The van der Waals surface area contributed by atoms with Gasteiger partial charge in [-0.3, -0.25) is 9.59 Å². The van der Waals surface area contributed by atoms with Crippen LogP contribution in [0.4, 0.5) is 5.69 Å². The molecule has 5 nitrogen and oxygen atoms in total. The summed E-state index contributed by atoms with van der Waals surface area (Å²) in [6, 6.07) is 17.2. The molecule has 1 amide bonds. The molecule has 1 N–H and O–H groups in total. The predicted molar refractivity (Wildman–Crippen MR) is 108 cm³/mol. The molecule has 0 aromatic heterocycles. The number of carbonyl (C=O) groups excluding carboxylic acids is 3. The monoisotopic (exact) mass is 413 g/mol. The van der Waals surface area contributed by atoms with E-state index >= 15 is 0 Å². The topological polar surface area (TPSA) is 72.5 Å². The number of ether oxygens (including phenoxy) is 1. The van der Waals surface area contributed by atoms with Gasteiger partial charge in [-0.15, -0.1) is 0 Å². The first kappa shape index (κ1) is 19.6. The molecule has 28 heavy (non-hydrogen) atoms. The molecule has 140 valence electrons. The second kappa shape index (κ2) is 8.69. The Bertz CT molecular complexity index is 1070. The van der Waals surface area contributed by atoms with Gasteiger partial charge < -0.3 is 10.1 Å². The van der Waals surface area contributed by atoms with Crippen molar-refractivity contribution >= 4 is 47.1 Å². The quantitative estimate of drug-likeness (QED) is 0.350. The second-order valence-corrected chi connectivity index (χ2v) is 6.49. The maximum Gasteiger partial charge on any atom is 0.345 e. The highest BCUT2D eigenvalue weighted by atomic mass is 35.5. The van der Waals surface area contributed by atoms with Crippen molar-refractivity contribution in [1.82, 2.24) is 0 Å². The number of amides is 1. The Kier molecular flexibility index (Phi) is 6.09. The number of hydrogen-bond donors (Lipinski definition) is 1. The minimum atomic E-state index is -0.720. The molecule has 3 aromatic rings. The van der Waals surface area contributed by atoms with Crippen LogP contribution in [0.5, 0.6) is 5.75 Å². The van der Waals surface area contributed by atoms with Crippen LogP contribution in [-0.4, -0.2) is 18.2 Å². The van der Waals surface area contributed by atoms with Crippen molar-refractivity contribution in [3.8, 4) is 5.75 Å². The van der Waals surface area contributed by atoms with E-state index in [1.54, 1.807) is 42.5 Å². The average Bonchev–Trinajstić information content (AvgIpc) is 2.69. The normalized spacial score (nSPS) is 10.2. The number of hydrogen-bond acceptors (Lipinski definition) is 4. The number of carbonyl (C=O) groups is 3. The molecule has 0 unspecified atom stereocenters. The van der Waals surface area contributed by atoms with Crippen LogP contribution in [0.3, 0.4) is 0 Å². The summed E-state index contributed by atoms with van der Waals surface area (Å²) in [4.78, 5) is 36.1. The summed E-state index contributed by atoms with van der Waals surface area (Å²) in [5, 5.41) is 3.14. The lowest BCUT2D eigenvalue weighted by molar-refractivity contribution is 0.0734. The van der Waals surface area contributed by atoms with Crippen LogP contribution < -0.4 is 10.1 Å². The van der Waals surface area contributed by atoms with Gasteiger partial charge in [0.1, 0.15) is 6.29 Å². The Morgan fingerprint density at radius 2 is 1.46 bits per heavy atom. The molecule has 0 saturated carbocycles. The second-order valence-electron chi connectivity index (χ2n) is 5.68. The summed E-state index contributed by atoms with van der Waals surface area (Å²) < 4.78 is 5.39. The van der Waals surface area contributed by atoms with E-state index in [0.717, 1.165) is 0 Å². The van der Waals surface area contributed by atoms with Gasteiger partial charge in [0.05, 0.1) is 26.9 Å². The van der Waals surface area contributed by atoms with Crippen LogP contribution in [0.2, 0.25) is 10.0 Å². The lowest BCUT2D eigenvalue weighted by atomic mass is 10.1. The predicted octanol–water partition coefficient (Wildman–Crippen LogP) is 5.28. The lowest BCUT2D eigenvalue weighted by Gasteiger charge is -2.13. The zero-order valence-corrected chi connectivity index (χ0v) is 15.8. The fourth-order valence-corrected chi connectivity index (χ4v) is 2.85. The molecule has 0 spiro atoms. The summed E-state index contributed by atoms with van der Waals surface area (Å²) in [6.45, 7) is 0. The maximum absolute atomic E-state index is 12.5. The molecule has 0 radical (unpaired) electrons. The standard InChI is InChI=1S/C21H13Cl2NO4/c22-16-7-3-1-5-14(16)20(26)24-18-10-9-13(12-25)11-19(18)28-21(27)15-6-2-4-8-17(15)23/h1-12H,(H,24,26). The number of anilines is 1. The largest absolute Gasteiger partial charge is 0.421 e. The van der Waals surface area contributed by atoms with Crippen molar-refractivity contribution in [2.45, 2.75) is 0 Å². The van der Waals surface area contributed by atoms with Crippen molar-refractivity contribution < 1.29 is 19.1 Å². The lowest BCUT2D eigenvalue weighted by Crippen LogP contribution is -2.15. The fraction of sp³-hybridized carbons (Fsp3) is 0. The van der Waals surface area contributed by atoms with Gasteiger partial charge in [-0.2, -0.15) is 0 Å². The van der Waals surface area contributed by atoms with Crippen LogP contribution in [0.1, 0.15) is 31.1 Å². The molecule has 0 atom stereocenters. The van der Waals surface area contributed by atoms with Gasteiger partial charge in [-0.05, 0) is 42.5 Å². The van der Waals surface area contributed by atoms with E-state index in [9.17, 15) is 14.4 Å². The molecule has 0 saturated heterocycles. The maximum atomic E-state index is 12.5. The molecular formula is C21H13Cl2NO4. The van der Waals surface area contributed by atoms with E-state index in [0.29, 0.717) is 6.29 Å². The van der Waals surface area contributed by atoms with Gasteiger partial charge in [-0.25, -0.2) is 4.79 Å². The third kappa shape index (κ3) is 4.39. The third-order valence-electron chi connectivity index (χ3n) is 3.80. The molecule has 0 fully saturated rings. The first-order valence-corrected chi connectivity index (χ1v) is 8.87. The van der Waals surface area contributed by atoms with Crippen LogP contribution in [0.25, 0.3) is 0 Å². The molecule has 3 rings (SSSR count). The van der Waals surface area contributed by atoms with Gasteiger partial charge in [0.25, 0.3) is 5.91 Å². The minimum Gasteiger partial charge on any atom is -0.421 e. The number of aldehydes is 1. The van der Waals surface area contributed by atoms with E-state index in [1.807, 2.05) is 0 Å². The Labute approximate surface area is 170 Å². The van der Waals surface area contributed by atoms with Gasteiger partial charge in [-0.1, -0.05) is 47.5 Å². The van der Waals surface area contributed by atoms with Crippen LogP contribution in [0, 0.1) is 0 Å². The van der Waals surface area contributed by atoms with Crippen molar-refractivity contribution in [2.24, 2.45) is 0 Å². The Balaban J connectivity index is 1.91. The smallest absolute Gasteiger partial charge is 0.345 e. The number of nitrogens with one attached hydrogen (secondary N) is 1. The van der Waals surface area contributed by atoms with Gasteiger partial charge >= 0.3 is 5.97 Å². The molecular weight excluding hydrogens is 401 g/mol. The molecule has 0 aliphatic carbocycles. The summed E-state index contributed by atoms with van der Waals surface area (Å²) >= 11 is 12.1. The number of halogens is 2. The van der Waals surface area contributed by atoms with Crippen LogP contribution >= 0.6 is 23.2 Å². The first-order chi connectivity index (χ1) is 13.5. The highest BCUT2D eigenvalue weighted by molar-refractivity contribution is 6.34. The molecule has 0 bridgehead atoms. The van der Waals surface area contributed by atoms with Gasteiger partial charge in [0.15, 0.2) is 5.75 Å². The Morgan fingerprint density at radius 3 is 2.07 bits per heavy atom. The molecule has 0 heterocycles.